The Hall–Kier alpha value is -0.310. The van der Waals surface area contributed by atoms with Gasteiger partial charge in [-0.2, -0.15) is 4.68 Å². The molecule has 3 heteroatoms. The van der Waals surface area contributed by atoms with Gasteiger partial charge in [0.05, 0.1) is 13.2 Å². The summed E-state index contributed by atoms with van der Waals surface area (Å²) in [7, 11) is 4.13. The third kappa shape index (κ3) is 2.97. The van der Waals surface area contributed by atoms with Gasteiger partial charge in [-0.25, -0.2) is 0 Å². The van der Waals surface area contributed by atoms with Crippen LogP contribution in [0.2, 0.25) is 0 Å². The van der Waals surface area contributed by atoms with E-state index < -0.39 is 0 Å². The highest BCUT2D eigenvalue weighted by atomic mass is 79.9. The number of aromatic nitrogens is 2. The molecule has 0 aliphatic carbocycles. The molecule has 0 atom stereocenters. The molecule has 1 aromatic heterocycles. The third-order valence-electron chi connectivity index (χ3n) is 2.02. The maximum atomic E-state index is 2.23. The molecule has 1 aromatic rings. The second-order valence-corrected chi connectivity index (χ2v) is 3.08. The van der Waals surface area contributed by atoms with Gasteiger partial charge >= 0.3 is 0 Å². The molecule has 0 radical (unpaired) electrons. The molecule has 0 unspecified atom stereocenters. The van der Waals surface area contributed by atoms with Gasteiger partial charge in [-0.1, -0.05) is 13.3 Å². The van der Waals surface area contributed by atoms with E-state index in [1.807, 2.05) is 0 Å². The van der Waals surface area contributed by atoms with Crippen LogP contribution in [-0.4, -0.2) is 4.68 Å². The minimum absolute atomic E-state index is 0. The molecule has 1 heterocycles. The summed E-state index contributed by atoms with van der Waals surface area (Å²) in [5.41, 5.74) is 1.44. The topological polar surface area (TPSA) is 8.81 Å². The van der Waals surface area contributed by atoms with Crippen molar-refractivity contribution >= 4 is 0 Å². The van der Waals surface area contributed by atoms with Crippen LogP contribution in [0.3, 0.4) is 0 Å². The van der Waals surface area contributed by atoms with Gasteiger partial charge in [-0.05, 0) is 12.8 Å². The van der Waals surface area contributed by atoms with Gasteiger partial charge < -0.3 is 17.0 Å². The lowest BCUT2D eigenvalue weighted by Crippen LogP contribution is -3.00. The molecule has 0 aromatic carbocycles. The summed E-state index contributed by atoms with van der Waals surface area (Å²) < 4.78 is 4.20. The number of unbranched alkanes of at least 4 members (excludes halogenated alkanes) is 1. The van der Waals surface area contributed by atoms with Gasteiger partial charge in [-0.3, -0.25) is 0 Å². The molecular weight excluding hydrogens is 216 g/mol. The van der Waals surface area contributed by atoms with Crippen molar-refractivity contribution in [3.05, 3.63) is 18.0 Å². The molecule has 0 saturated carbocycles. The van der Waals surface area contributed by atoms with Gasteiger partial charge in [0.2, 0.25) is 0 Å². The van der Waals surface area contributed by atoms with Gasteiger partial charge in [0.25, 0.3) is 0 Å². The van der Waals surface area contributed by atoms with Gasteiger partial charge in [-0.15, -0.1) is 4.68 Å². The molecule has 0 aliphatic rings. The van der Waals surface area contributed by atoms with E-state index in [0.29, 0.717) is 0 Å². The van der Waals surface area contributed by atoms with E-state index in [9.17, 15) is 0 Å². The van der Waals surface area contributed by atoms with E-state index in [-0.39, 0.29) is 17.0 Å². The summed E-state index contributed by atoms with van der Waals surface area (Å²) in [6.07, 6.45) is 8.17. The molecular formula is C9H17BrN2. The number of aryl methyl sites for hydroxylation is 3. The molecule has 12 heavy (non-hydrogen) atoms. The van der Waals surface area contributed by atoms with E-state index in [0.717, 1.165) is 0 Å². The van der Waals surface area contributed by atoms with Crippen molar-refractivity contribution in [3.63, 3.8) is 0 Å². The Morgan fingerprint density at radius 3 is 2.58 bits per heavy atom. The Labute approximate surface area is 85.0 Å². The van der Waals surface area contributed by atoms with E-state index in [2.05, 4.69) is 42.8 Å². The highest BCUT2D eigenvalue weighted by Crippen LogP contribution is 2.00. The third-order valence-corrected chi connectivity index (χ3v) is 2.02. The van der Waals surface area contributed by atoms with E-state index in [1.165, 1.54) is 24.8 Å². The number of halogens is 1. The van der Waals surface area contributed by atoms with Crippen LogP contribution in [-0.2, 0) is 20.5 Å². The van der Waals surface area contributed by atoms with Crippen LogP contribution in [0, 0.1) is 0 Å². The first-order valence-electron chi connectivity index (χ1n) is 4.25. The summed E-state index contributed by atoms with van der Waals surface area (Å²) in [5, 5.41) is 0. The maximum absolute atomic E-state index is 2.23. The number of hydrogen-bond acceptors (Lipinski definition) is 0. The van der Waals surface area contributed by atoms with Gasteiger partial charge in [0, 0.05) is 5.56 Å². The van der Waals surface area contributed by atoms with E-state index in [1.54, 1.807) is 0 Å². The van der Waals surface area contributed by atoms with E-state index >= 15 is 0 Å². The summed E-state index contributed by atoms with van der Waals surface area (Å²) in [5.74, 6) is 0. The van der Waals surface area contributed by atoms with Crippen LogP contribution in [0.4, 0.5) is 0 Å². The zero-order valence-corrected chi connectivity index (χ0v) is 9.63. The minimum Gasteiger partial charge on any atom is -1.00 e. The van der Waals surface area contributed by atoms with Crippen LogP contribution in [0.1, 0.15) is 25.3 Å². The largest absolute Gasteiger partial charge is 1.00 e. The standard InChI is InChI=1S/C9H17N2.BrH/c1-4-5-6-9-7-10(2)11(3)8-9;/h7-8H,4-6H2,1-3H3;1H/q+1;/p-1. The second kappa shape index (κ2) is 5.36. The van der Waals surface area contributed by atoms with Crippen LogP contribution < -0.4 is 21.7 Å². The number of hydrogen-bond donors (Lipinski definition) is 0. The zero-order chi connectivity index (χ0) is 8.27. The smallest absolute Gasteiger partial charge is 0.198 e. The Kier molecular flexibility index (Phi) is 5.22. The van der Waals surface area contributed by atoms with Crippen molar-refractivity contribution in [2.45, 2.75) is 26.2 Å². The summed E-state index contributed by atoms with van der Waals surface area (Å²) in [6, 6.07) is 0. The molecule has 0 saturated heterocycles. The molecule has 0 amide bonds. The Morgan fingerprint density at radius 1 is 1.50 bits per heavy atom. The predicted molar refractivity (Wildman–Crippen MR) is 45.2 cm³/mol. The molecule has 0 N–H and O–H groups in total. The highest BCUT2D eigenvalue weighted by Gasteiger charge is 2.03. The van der Waals surface area contributed by atoms with E-state index in [4.69, 9.17) is 0 Å². The minimum atomic E-state index is 0. The fraction of sp³-hybridized carbons (Fsp3) is 0.667. The fourth-order valence-electron chi connectivity index (χ4n) is 1.21. The zero-order valence-electron chi connectivity index (χ0n) is 8.05. The average molecular weight is 233 g/mol. The van der Waals surface area contributed by atoms with Crippen molar-refractivity contribution in [1.29, 1.82) is 0 Å². The Morgan fingerprint density at radius 2 is 2.17 bits per heavy atom. The van der Waals surface area contributed by atoms with Crippen LogP contribution in [0.15, 0.2) is 12.4 Å². The molecule has 0 spiro atoms. The van der Waals surface area contributed by atoms with Crippen LogP contribution in [0.5, 0.6) is 0 Å². The van der Waals surface area contributed by atoms with Gasteiger partial charge in [0.1, 0.15) is 0 Å². The van der Waals surface area contributed by atoms with Crippen molar-refractivity contribution in [3.8, 4) is 0 Å². The molecule has 0 aliphatic heterocycles. The van der Waals surface area contributed by atoms with Crippen LogP contribution >= 0.6 is 0 Å². The first-order valence-corrected chi connectivity index (χ1v) is 4.25. The first-order chi connectivity index (χ1) is 5.24. The fourth-order valence-corrected chi connectivity index (χ4v) is 1.21. The predicted octanol–water partition coefficient (Wildman–Crippen LogP) is -1.80. The molecule has 1 rings (SSSR count). The first kappa shape index (κ1) is 11.7. The van der Waals surface area contributed by atoms with Gasteiger partial charge in [0.15, 0.2) is 13.2 Å². The Bertz CT molecular complexity index is 211. The van der Waals surface area contributed by atoms with Crippen LogP contribution in [0.25, 0.3) is 0 Å². The molecule has 2 nitrogen and oxygen atoms in total. The molecule has 0 bridgehead atoms. The lowest BCUT2D eigenvalue weighted by atomic mass is 10.2. The SMILES string of the molecule is CCCCc1cn(C)[n+](C)c1.[Br-]. The summed E-state index contributed by atoms with van der Waals surface area (Å²) >= 11 is 0. The lowest BCUT2D eigenvalue weighted by Gasteiger charge is -1.88. The molecule has 70 valence electrons. The maximum Gasteiger partial charge on any atom is 0.198 e. The molecule has 0 fully saturated rings. The van der Waals surface area contributed by atoms with Crippen molar-refractivity contribution in [1.82, 2.24) is 4.68 Å². The van der Waals surface area contributed by atoms with Crippen molar-refractivity contribution < 1.29 is 21.7 Å². The average Bonchev–Trinajstić information content (AvgIpc) is 2.28. The number of nitrogens with zero attached hydrogens (tertiary/aromatic N) is 2. The highest BCUT2D eigenvalue weighted by molar-refractivity contribution is 4.99. The van der Waals surface area contributed by atoms with Crippen molar-refractivity contribution in [2.24, 2.45) is 14.1 Å². The summed E-state index contributed by atoms with van der Waals surface area (Å²) in [6.45, 7) is 2.23. The lowest BCUT2D eigenvalue weighted by molar-refractivity contribution is -0.751. The number of rotatable bonds is 3. The monoisotopic (exact) mass is 232 g/mol. The second-order valence-electron chi connectivity index (χ2n) is 3.08. The van der Waals surface area contributed by atoms with Crippen molar-refractivity contribution in [2.75, 3.05) is 0 Å². The Balaban J connectivity index is 0.00000121. The summed E-state index contributed by atoms with van der Waals surface area (Å²) in [4.78, 5) is 0. The quantitative estimate of drug-likeness (QED) is 0.544. The normalized spacial score (nSPS) is 9.58.